The average molecular weight is 227 g/mol. The van der Waals surface area contributed by atoms with Crippen molar-refractivity contribution in [3.8, 4) is 0 Å². The summed E-state index contributed by atoms with van der Waals surface area (Å²) < 4.78 is 0. The second-order valence-electron chi connectivity index (χ2n) is 5.99. The first-order valence-corrected chi connectivity index (χ1v) is 6.13. The molecule has 0 N–H and O–H groups in total. The zero-order chi connectivity index (χ0) is 12.8. The Bertz CT molecular complexity index is 202. The lowest BCUT2D eigenvalue weighted by atomic mass is 9.90. The van der Waals surface area contributed by atoms with Gasteiger partial charge in [0.05, 0.1) is 0 Å². The van der Waals surface area contributed by atoms with E-state index in [1.165, 1.54) is 19.3 Å². The summed E-state index contributed by atoms with van der Waals surface area (Å²) >= 11 is 0. The van der Waals surface area contributed by atoms with Gasteiger partial charge in [0.1, 0.15) is 0 Å². The Morgan fingerprint density at radius 2 is 1.44 bits per heavy atom. The lowest BCUT2D eigenvalue weighted by Gasteiger charge is -2.22. The van der Waals surface area contributed by atoms with Gasteiger partial charge in [0.15, 0.2) is 5.96 Å². The minimum atomic E-state index is 0.454. The maximum Gasteiger partial charge on any atom is 0.195 e. The van der Waals surface area contributed by atoms with Crippen LogP contribution in [0, 0.1) is 5.41 Å². The zero-order valence-electron chi connectivity index (χ0n) is 12.2. The molecule has 0 heterocycles. The topological polar surface area (TPSA) is 18.8 Å². The first kappa shape index (κ1) is 15.3. The Hall–Kier alpha value is -0.730. The highest BCUT2D eigenvalue weighted by atomic mass is 15.3. The van der Waals surface area contributed by atoms with Crippen LogP contribution in [0.1, 0.15) is 40.0 Å². The monoisotopic (exact) mass is 227 g/mol. The molecule has 0 aromatic carbocycles. The fourth-order valence-corrected chi connectivity index (χ4v) is 1.63. The van der Waals surface area contributed by atoms with E-state index in [2.05, 4.69) is 35.6 Å². The van der Waals surface area contributed by atoms with Gasteiger partial charge in [-0.25, -0.2) is 0 Å². The summed E-state index contributed by atoms with van der Waals surface area (Å²) in [4.78, 5) is 8.73. The van der Waals surface area contributed by atoms with Gasteiger partial charge in [-0.05, 0) is 18.3 Å². The van der Waals surface area contributed by atoms with E-state index in [9.17, 15) is 0 Å². The zero-order valence-corrected chi connectivity index (χ0v) is 12.2. The molecule has 0 amide bonds. The summed E-state index contributed by atoms with van der Waals surface area (Å²) in [5, 5.41) is 0. The van der Waals surface area contributed by atoms with E-state index in [0.717, 1.165) is 12.5 Å². The van der Waals surface area contributed by atoms with E-state index >= 15 is 0 Å². The Balaban J connectivity index is 3.89. The summed E-state index contributed by atoms with van der Waals surface area (Å²) in [5.41, 5.74) is 0.454. The van der Waals surface area contributed by atoms with Crippen molar-refractivity contribution >= 4 is 5.96 Å². The largest absolute Gasteiger partial charge is 0.349 e. The van der Waals surface area contributed by atoms with Crippen LogP contribution in [-0.4, -0.2) is 50.5 Å². The van der Waals surface area contributed by atoms with E-state index in [4.69, 9.17) is 0 Å². The number of hydrogen-bond donors (Lipinski definition) is 0. The molecular weight excluding hydrogens is 198 g/mol. The molecular formula is C13H29N3. The second kappa shape index (κ2) is 6.77. The number of rotatable bonds is 4. The van der Waals surface area contributed by atoms with Gasteiger partial charge < -0.3 is 9.80 Å². The quantitative estimate of drug-likeness (QED) is 0.418. The number of aliphatic imine (C=N–C) groups is 1. The van der Waals surface area contributed by atoms with Crippen molar-refractivity contribution < 1.29 is 0 Å². The van der Waals surface area contributed by atoms with Gasteiger partial charge in [0.2, 0.25) is 0 Å². The summed E-state index contributed by atoms with van der Waals surface area (Å²) in [7, 11) is 8.14. The second-order valence-corrected chi connectivity index (χ2v) is 5.99. The van der Waals surface area contributed by atoms with Crippen molar-refractivity contribution in [1.29, 1.82) is 0 Å². The third-order valence-electron chi connectivity index (χ3n) is 2.39. The third kappa shape index (κ3) is 7.55. The van der Waals surface area contributed by atoms with Crippen LogP contribution >= 0.6 is 0 Å². The Kier molecular flexibility index (Phi) is 6.46. The standard InChI is InChI=1S/C13H29N3/c1-13(2,3)10-8-9-11-14-12(15(4)5)16(6)7/h8-11H2,1-7H3. The highest BCUT2D eigenvalue weighted by Crippen LogP contribution is 2.21. The highest BCUT2D eigenvalue weighted by Gasteiger charge is 2.09. The normalized spacial score (nSPS) is 11.2. The van der Waals surface area contributed by atoms with Gasteiger partial charge in [-0.3, -0.25) is 4.99 Å². The van der Waals surface area contributed by atoms with Gasteiger partial charge in [0.25, 0.3) is 0 Å². The molecule has 0 radical (unpaired) electrons. The minimum absolute atomic E-state index is 0.454. The van der Waals surface area contributed by atoms with Crippen molar-refractivity contribution in [3.05, 3.63) is 0 Å². The van der Waals surface area contributed by atoms with Crippen LogP contribution in [-0.2, 0) is 0 Å². The maximum absolute atomic E-state index is 4.61. The first-order valence-electron chi connectivity index (χ1n) is 6.13. The lowest BCUT2D eigenvalue weighted by Crippen LogP contribution is -2.35. The lowest BCUT2D eigenvalue weighted by molar-refractivity contribution is 0.361. The van der Waals surface area contributed by atoms with Gasteiger partial charge in [-0.1, -0.05) is 27.2 Å². The van der Waals surface area contributed by atoms with E-state index in [0.29, 0.717) is 5.41 Å². The summed E-state index contributed by atoms with van der Waals surface area (Å²) in [6.45, 7) is 7.81. The molecule has 0 fully saturated rings. The molecule has 0 spiro atoms. The Morgan fingerprint density at radius 3 is 1.81 bits per heavy atom. The molecule has 0 aromatic rings. The molecule has 0 bridgehead atoms. The molecule has 0 saturated heterocycles. The summed E-state index contributed by atoms with van der Waals surface area (Å²) in [6.07, 6.45) is 3.73. The van der Waals surface area contributed by atoms with Crippen LogP contribution in [0.15, 0.2) is 4.99 Å². The maximum atomic E-state index is 4.61. The predicted octanol–water partition coefficient (Wildman–Crippen LogP) is 2.68. The van der Waals surface area contributed by atoms with Crippen molar-refractivity contribution in [2.45, 2.75) is 40.0 Å². The number of guanidine groups is 1. The molecule has 16 heavy (non-hydrogen) atoms. The van der Waals surface area contributed by atoms with Crippen LogP contribution in [0.25, 0.3) is 0 Å². The van der Waals surface area contributed by atoms with Crippen LogP contribution in [0.2, 0.25) is 0 Å². The highest BCUT2D eigenvalue weighted by molar-refractivity contribution is 5.79. The molecule has 0 unspecified atom stereocenters. The Labute approximate surface area is 102 Å². The van der Waals surface area contributed by atoms with Gasteiger partial charge in [-0.2, -0.15) is 0 Å². The van der Waals surface area contributed by atoms with E-state index in [1.807, 2.05) is 28.2 Å². The van der Waals surface area contributed by atoms with Crippen molar-refractivity contribution in [1.82, 2.24) is 9.80 Å². The smallest absolute Gasteiger partial charge is 0.195 e. The molecule has 0 saturated carbocycles. The van der Waals surface area contributed by atoms with Gasteiger partial charge >= 0.3 is 0 Å². The van der Waals surface area contributed by atoms with Crippen LogP contribution in [0.3, 0.4) is 0 Å². The van der Waals surface area contributed by atoms with Gasteiger partial charge in [0, 0.05) is 34.7 Å². The minimum Gasteiger partial charge on any atom is -0.349 e. The fraction of sp³-hybridized carbons (Fsp3) is 0.923. The van der Waals surface area contributed by atoms with E-state index in [1.54, 1.807) is 0 Å². The van der Waals surface area contributed by atoms with Crippen LogP contribution < -0.4 is 0 Å². The van der Waals surface area contributed by atoms with Crippen LogP contribution in [0.4, 0.5) is 0 Å². The molecule has 96 valence electrons. The van der Waals surface area contributed by atoms with E-state index < -0.39 is 0 Å². The average Bonchev–Trinajstić information content (AvgIpc) is 2.07. The number of hydrogen-bond acceptors (Lipinski definition) is 1. The molecule has 0 aliphatic rings. The number of unbranched alkanes of at least 4 members (excludes halogenated alkanes) is 1. The SMILES string of the molecule is CN(C)C(=NCCCCC(C)(C)C)N(C)C. The van der Waals surface area contributed by atoms with Crippen molar-refractivity contribution in [2.24, 2.45) is 10.4 Å². The molecule has 0 aliphatic carbocycles. The first-order chi connectivity index (χ1) is 7.24. The third-order valence-corrected chi connectivity index (χ3v) is 2.39. The fourth-order valence-electron chi connectivity index (χ4n) is 1.63. The molecule has 3 heteroatoms. The van der Waals surface area contributed by atoms with Crippen molar-refractivity contribution in [3.63, 3.8) is 0 Å². The predicted molar refractivity (Wildman–Crippen MR) is 73.0 cm³/mol. The summed E-state index contributed by atoms with van der Waals surface area (Å²) in [5.74, 6) is 1.05. The Morgan fingerprint density at radius 1 is 0.938 bits per heavy atom. The van der Waals surface area contributed by atoms with Crippen molar-refractivity contribution in [2.75, 3.05) is 34.7 Å². The molecule has 0 aliphatic heterocycles. The molecule has 0 atom stereocenters. The van der Waals surface area contributed by atoms with Crippen LogP contribution in [0.5, 0.6) is 0 Å². The van der Waals surface area contributed by atoms with E-state index in [-0.39, 0.29) is 0 Å². The summed E-state index contributed by atoms with van der Waals surface area (Å²) in [6, 6.07) is 0. The molecule has 0 aromatic heterocycles. The number of nitrogens with zero attached hydrogens (tertiary/aromatic N) is 3. The molecule has 3 nitrogen and oxygen atoms in total. The molecule has 0 rings (SSSR count). The van der Waals surface area contributed by atoms with Gasteiger partial charge in [-0.15, -0.1) is 0 Å².